The van der Waals surface area contributed by atoms with E-state index in [0.717, 1.165) is 23.5 Å². The molecule has 1 rings (SSSR count). The molecule has 0 aliphatic rings. The van der Waals surface area contributed by atoms with Crippen LogP contribution in [0.2, 0.25) is 0 Å². The van der Waals surface area contributed by atoms with Crippen molar-refractivity contribution in [3.05, 3.63) is 41.5 Å². The van der Waals surface area contributed by atoms with Crippen molar-refractivity contribution in [2.75, 3.05) is 24.7 Å². The van der Waals surface area contributed by atoms with Gasteiger partial charge >= 0.3 is 0 Å². The Morgan fingerprint density at radius 1 is 1.29 bits per heavy atom. The highest BCUT2D eigenvalue weighted by Gasteiger charge is 1.98. The third kappa shape index (κ3) is 7.93. The van der Waals surface area contributed by atoms with Crippen molar-refractivity contribution in [1.29, 1.82) is 0 Å². The van der Waals surface area contributed by atoms with Crippen LogP contribution in [0.15, 0.2) is 30.3 Å². The number of amides is 1. The van der Waals surface area contributed by atoms with E-state index in [1.807, 2.05) is 18.2 Å². The van der Waals surface area contributed by atoms with Crippen molar-refractivity contribution in [3.63, 3.8) is 0 Å². The molecule has 1 aromatic carbocycles. The van der Waals surface area contributed by atoms with Gasteiger partial charge in [0.25, 0.3) is 0 Å². The lowest BCUT2D eigenvalue weighted by Gasteiger charge is -2.04. The third-order valence-electron chi connectivity index (χ3n) is 3.02. The van der Waals surface area contributed by atoms with Gasteiger partial charge in [0.1, 0.15) is 0 Å². The number of hydrogen-bond donors (Lipinski definition) is 2. The number of benzene rings is 1. The smallest absolute Gasteiger partial charge is 0.244 e. The van der Waals surface area contributed by atoms with Crippen molar-refractivity contribution in [2.24, 2.45) is 0 Å². The number of thioether (sulfide) groups is 1. The molecule has 4 heteroatoms. The van der Waals surface area contributed by atoms with Gasteiger partial charge in [-0.25, -0.2) is 0 Å². The summed E-state index contributed by atoms with van der Waals surface area (Å²) in [7, 11) is 0. The molecule has 3 nitrogen and oxygen atoms in total. The molecule has 0 atom stereocenters. The predicted molar refractivity (Wildman–Crippen MR) is 91.6 cm³/mol. The normalized spacial score (nSPS) is 11.2. The molecule has 0 aliphatic carbocycles. The van der Waals surface area contributed by atoms with Gasteiger partial charge in [-0.2, -0.15) is 11.8 Å². The monoisotopic (exact) mass is 307 g/mol. The molecule has 21 heavy (non-hydrogen) atoms. The second-order valence-corrected chi connectivity index (χ2v) is 6.36. The van der Waals surface area contributed by atoms with Crippen molar-refractivity contribution in [2.45, 2.75) is 26.2 Å². The summed E-state index contributed by atoms with van der Waals surface area (Å²) < 4.78 is 0. The zero-order chi connectivity index (χ0) is 15.5. The zero-order valence-corrected chi connectivity index (χ0v) is 13.7. The Kier molecular flexibility index (Phi) is 8.87. The van der Waals surface area contributed by atoms with Crippen molar-refractivity contribution in [1.82, 2.24) is 5.32 Å². The minimum atomic E-state index is -0.0642. The number of aliphatic hydroxyl groups is 1. The van der Waals surface area contributed by atoms with E-state index >= 15 is 0 Å². The topological polar surface area (TPSA) is 49.3 Å². The molecule has 0 aromatic heterocycles. The molecule has 0 saturated carbocycles. The zero-order valence-electron chi connectivity index (χ0n) is 12.8. The van der Waals surface area contributed by atoms with Crippen LogP contribution in [0, 0.1) is 0 Å². The van der Waals surface area contributed by atoms with E-state index in [9.17, 15) is 4.79 Å². The van der Waals surface area contributed by atoms with Crippen LogP contribution in [0.4, 0.5) is 0 Å². The molecule has 1 aromatic rings. The molecular formula is C17H25NO2S. The lowest BCUT2D eigenvalue weighted by atomic mass is 10.0. The molecule has 0 aliphatic heterocycles. The highest BCUT2D eigenvalue weighted by Crippen LogP contribution is 2.15. The number of nitrogens with one attached hydrogen (secondary N) is 1. The molecule has 0 saturated heterocycles. The van der Waals surface area contributed by atoms with Crippen LogP contribution in [0.25, 0.3) is 6.08 Å². The van der Waals surface area contributed by atoms with Crippen LogP contribution in [0.5, 0.6) is 0 Å². The summed E-state index contributed by atoms with van der Waals surface area (Å²) in [5, 5.41) is 11.5. The molecule has 1 amide bonds. The molecule has 0 radical (unpaired) electrons. The van der Waals surface area contributed by atoms with Crippen LogP contribution in [0.1, 0.15) is 37.3 Å². The first-order chi connectivity index (χ1) is 10.1. The fraction of sp³-hybridized carbons (Fsp3) is 0.471. The van der Waals surface area contributed by atoms with Gasteiger partial charge in [0.15, 0.2) is 0 Å². The maximum Gasteiger partial charge on any atom is 0.244 e. The van der Waals surface area contributed by atoms with E-state index in [4.69, 9.17) is 5.11 Å². The second-order valence-electron chi connectivity index (χ2n) is 5.14. The fourth-order valence-electron chi connectivity index (χ4n) is 1.74. The van der Waals surface area contributed by atoms with Crippen molar-refractivity contribution >= 4 is 23.7 Å². The van der Waals surface area contributed by atoms with Crippen molar-refractivity contribution < 1.29 is 9.90 Å². The SMILES string of the molecule is CC(C)c1ccc(/C=C/C(=O)NCCSCCCO)cc1. The first kappa shape index (κ1) is 17.8. The minimum Gasteiger partial charge on any atom is -0.396 e. The van der Waals surface area contributed by atoms with Gasteiger partial charge in [-0.15, -0.1) is 0 Å². The van der Waals surface area contributed by atoms with Crippen LogP contribution in [-0.4, -0.2) is 35.7 Å². The van der Waals surface area contributed by atoms with Gasteiger partial charge < -0.3 is 10.4 Å². The van der Waals surface area contributed by atoms with Gasteiger partial charge in [-0.3, -0.25) is 4.79 Å². The Hall–Kier alpha value is -1.26. The van der Waals surface area contributed by atoms with E-state index in [2.05, 4.69) is 31.3 Å². The van der Waals surface area contributed by atoms with E-state index in [0.29, 0.717) is 12.5 Å². The summed E-state index contributed by atoms with van der Waals surface area (Å²) in [6, 6.07) is 8.26. The van der Waals surface area contributed by atoms with Crippen LogP contribution < -0.4 is 5.32 Å². The Morgan fingerprint density at radius 3 is 2.62 bits per heavy atom. The summed E-state index contributed by atoms with van der Waals surface area (Å²) in [6.07, 6.45) is 4.21. The van der Waals surface area contributed by atoms with E-state index in [1.54, 1.807) is 17.8 Å². The van der Waals surface area contributed by atoms with Gasteiger partial charge in [0.2, 0.25) is 5.91 Å². The number of hydrogen-bond acceptors (Lipinski definition) is 3. The molecule has 0 fully saturated rings. The van der Waals surface area contributed by atoms with Crippen LogP contribution >= 0.6 is 11.8 Å². The molecular weight excluding hydrogens is 282 g/mol. The maximum atomic E-state index is 11.6. The minimum absolute atomic E-state index is 0.0642. The van der Waals surface area contributed by atoms with E-state index in [1.165, 1.54) is 5.56 Å². The Balaban J connectivity index is 2.27. The summed E-state index contributed by atoms with van der Waals surface area (Å²) in [6.45, 7) is 5.22. The highest BCUT2D eigenvalue weighted by molar-refractivity contribution is 7.99. The Labute approximate surface area is 131 Å². The summed E-state index contributed by atoms with van der Waals surface area (Å²) in [5.41, 5.74) is 2.34. The lowest BCUT2D eigenvalue weighted by molar-refractivity contribution is -0.116. The summed E-state index contributed by atoms with van der Waals surface area (Å²) in [5.74, 6) is 2.27. The molecule has 2 N–H and O–H groups in total. The quantitative estimate of drug-likeness (QED) is 0.544. The summed E-state index contributed by atoms with van der Waals surface area (Å²) >= 11 is 1.74. The predicted octanol–water partition coefficient (Wildman–Crippen LogP) is 3.06. The number of carbonyl (C=O) groups is 1. The first-order valence-electron chi connectivity index (χ1n) is 7.38. The third-order valence-corrected chi connectivity index (χ3v) is 4.09. The van der Waals surface area contributed by atoms with E-state index < -0.39 is 0 Å². The van der Waals surface area contributed by atoms with Gasteiger partial charge in [-0.1, -0.05) is 38.1 Å². The molecule has 116 valence electrons. The molecule has 0 heterocycles. The van der Waals surface area contributed by atoms with Gasteiger partial charge in [-0.05, 0) is 35.3 Å². The highest BCUT2D eigenvalue weighted by atomic mass is 32.2. The molecule has 0 bridgehead atoms. The van der Waals surface area contributed by atoms with Crippen molar-refractivity contribution in [3.8, 4) is 0 Å². The standard InChI is InChI=1S/C17H25NO2S/c1-14(2)16-7-4-15(5-8-16)6-9-17(20)18-10-13-21-12-3-11-19/h4-9,14,19H,3,10-13H2,1-2H3,(H,18,20)/b9-6+. The number of aliphatic hydroxyl groups excluding tert-OH is 1. The van der Waals surface area contributed by atoms with Gasteiger partial charge in [0, 0.05) is 25.0 Å². The average Bonchev–Trinajstić information content (AvgIpc) is 2.49. The van der Waals surface area contributed by atoms with E-state index in [-0.39, 0.29) is 12.5 Å². The number of rotatable bonds is 9. The Morgan fingerprint density at radius 2 is 2.00 bits per heavy atom. The average molecular weight is 307 g/mol. The lowest BCUT2D eigenvalue weighted by Crippen LogP contribution is -2.23. The Bertz CT molecular complexity index is 441. The van der Waals surface area contributed by atoms with Gasteiger partial charge in [0.05, 0.1) is 0 Å². The fourth-order valence-corrected chi connectivity index (χ4v) is 2.52. The number of carbonyl (C=O) groups excluding carboxylic acids is 1. The molecule has 0 unspecified atom stereocenters. The van der Waals surface area contributed by atoms with Crippen LogP contribution in [-0.2, 0) is 4.79 Å². The first-order valence-corrected chi connectivity index (χ1v) is 8.53. The second kappa shape index (κ2) is 10.5. The largest absolute Gasteiger partial charge is 0.396 e. The summed E-state index contributed by atoms with van der Waals surface area (Å²) in [4.78, 5) is 11.6. The van der Waals surface area contributed by atoms with Crippen LogP contribution in [0.3, 0.4) is 0 Å². The maximum absolute atomic E-state index is 11.6. The molecule has 0 spiro atoms.